The van der Waals surface area contributed by atoms with Crippen LogP contribution in [0.5, 0.6) is 0 Å². The van der Waals surface area contributed by atoms with Gasteiger partial charge in [0.05, 0.1) is 12.1 Å². The maximum Gasteiger partial charge on any atom is 0.318 e. The second-order valence-corrected chi connectivity index (χ2v) is 7.26. The Kier molecular flexibility index (Phi) is 4.17. The zero-order chi connectivity index (χ0) is 15.0. The van der Waals surface area contributed by atoms with E-state index >= 15 is 0 Å². The van der Waals surface area contributed by atoms with Crippen LogP contribution in [0, 0.1) is 18.8 Å². The standard InChI is InChI=1S/C15H23N3O2S/c1-9-5-6-18(7-12(9)19)15(20)17-13(11-3-4-11)14-16-10(2)8-21-14/h8-9,11-13,19H,3-7H2,1-2H3,(H,17,20). The molecule has 0 spiro atoms. The highest BCUT2D eigenvalue weighted by atomic mass is 32.1. The molecule has 0 radical (unpaired) electrons. The molecule has 1 aromatic rings. The fourth-order valence-corrected chi connectivity index (χ4v) is 3.72. The summed E-state index contributed by atoms with van der Waals surface area (Å²) in [5.41, 5.74) is 1.01. The van der Waals surface area contributed by atoms with Crippen molar-refractivity contribution in [3.05, 3.63) is 16.1 Å². The SMILES string of the molecule is Cc1csc(C(NC(=O)N2CCC(C)C(O)C2)C2CC2)n1. The van der Waals surface area contributed by atoms with Gasteiger partial charge in [0, 0.05) is 24.2 Å². The van der Waals surface area contributed by atoms with Crippen molar-refractivity contribution >= 4 is 17.4 Å². The van der Waals surface area contributed by atoms with Crippen molar-refractivity contribution in [1.82, 2.24) is 15.2 Å². The van der Waals surface area contributed by atoms with Gasteiger partial charge in [-0.25, -0.2) is 9.78 Å². The van der Waals surface area contributed by atoms with E-state index in [9.17, 15) is 9.90 Å². The first-order valence-electron chi connectivity index (χ1n) is 7.70. The number of aliphatic hydroxyl groups excluding tert-OH is 1. The van der Waals surface area contributed by atoms with Gasteiger partial charge in [-0.05, 0) is 38.0 Å². The Morgan fingerprint density at radius 1 is 1.52 bits per heavy atom. The van der Waals surface area contributed by atoms with E-state index in [1.807, 2.05) is 19.2 Å². The monoisotopic (exact) mass is 309 g/mol. The fourth-order valence-electron chi connectivity index (χ4n) is 2.78. The van der Waals surface area contributed by atoms with Crippen molar-refractivity contribution in [2.45, 2.75) is 45.3 Å². The van der Waals surface area contributed by atoms with Crippen molar-refractivity contribution < 1.29 is 9.90 Å². The predicted octanol–water partition coefficient (Wildman–Crippen LogP) is 2.31. The predicted molar refractivity (Wildman–Crippen MR) is 82.2 cm³/mol. The third-order valence-corrected chi connectivity index (χ3v) is 5.53. The fraction of sp³-hybridized carbons (Fsp3) is 0.733. The molecule has 5 nitrogen and oxygen atoms in total. The number of β-amino-alcohol motifs (C(OH)–C–C–N with tert-alkyl or cyclic N) is 1. The second-order valence-electron chi connectivity index (χ2n) is 6.37. The van der Waals surface area contributed by atoms with Crippen molar-refractivity contribution in [3.63, 3.8) is 0 Å². The van der Waals surface area contributed by atoms with Crippen LogP contribution in [0.25, 0.3) is 0 Å². The number of hydrogen-bond donors (Lipinski definition) is 2. The molecule has 1 aromatic heterocycles. The Balaban J connectivity index is 1.64. The number of aryl methyl sites for hydroxylation is 1. The van der Waals surface area contributed by atoms with Gasteiger partial charge in [-0.3, -0.25) is 0 Å². The number of likely N-dealkylation sites (tertiary alicyclic amines) is 1. The number of thiazole rings is 1. The molecule has 1 saturated carbocycles. The second kappa shape index (κ2) is 5.93. The number of piperidine rings is 1. The van der Waals surface area contributed by atoms with E-state index in [0.29, 0.717) is 12.5 Å². The minimum absolute atomic E-state index is 0.0349. The summed E-state index contributed by atoms with van der Waals surface area (Å²) >= 11 is 1.62. The molecule has 3 atom stereocenters. The number of hydrogen-bond acceptors (Lipinski definition) is 4. The average Bonchev–Trinajstić information content (AvgIpc) is 3.20. The molecule has 2 aliphatic rings. The van der Waals surface area contributed by atoms with Gasteiger partial charge >= 0.3 is 6.03 Å². The van der Waals surface area contributed by atoms with Gasteiger partial charge in [0.2, 0.25) is 0 Å². The Morgan fingerprint density at radius 2 is 2.29 bits per heavy atom. The Morgan fingerprint density at radius 3 is 2.86 bits per heavy atom. The first-order chi connectivity index (χ1) is 10.0. The first kappa shape index (κ1) is 14.8. The highest BCUT2D eigenvalue weighted by Crippen LogP contribution is 2.42. The number of nitrogens with zero attached hydrogens (tertiary/aromatic N) is 2. The number of aliphatic hydroxyl groups is 1. The van der Waals surface area contributed by atoms with Gasteiger partial charge < -0.3 is 15.3 Å². The molecule has 0 bridgehead atoms. The summed E-state index contributed by atoms with van der Waals surface area (Å²) in [4.78, 5) is 18.7. The molecule has 116 valence electrons. The molecule has 3 rings (SSSR count). The molecule has 1 aliphatic carbocycles. The van der Waals surface area contributed by atoms with Crippen molar-refractivity contribution in [1.29, 1.82) is 0 Å². The van der Waals surface area contributed by atoms with Crippen LogP contribution in [-0.4, -0.2) is 40.2 Å². The van der Waals surface area contributed by atoms with E-state index in [1.54, 1.807) is 16.2 Å². The summed E-state index contributed by atoms with van der Waals surface area (Å²) in [6.07, 6.45) is 2.76. The first-order valence-corrected chi connectivity index (χ1v) is 8.58. The highest BCUT2D eigenvalue weighted by molar-refractivity contribution is 7.09. The third kappa shape index (κ3) is 3.37. The van der Waals surface area contributed by atoms with E-state index in [1.165, 1.54) is 0 Å². The lowest BCUT2D eigenvalue weighted by Crippen LogP contribution is -2.50. The lowest BCUT2D eigenvalue weighted by atomic mass is 9.96. The molecular formula is C15H23N3O2S. The Labute approximate surface area is 129 Å². The summed E-state index contributed by atoms with van der Waals surface area (Å²) < 4.78 is 0. The van der Waals surface area contributed by atoms with Crippen molar-refractivity contribution in [2.24, 2.45) is 11.8 Å². The molecular weight excluding hydrogens is 286 g/mol. The van der Waals surface area contributed by atoms with Gasteiger partial charge in [-0.1, -0.05) is 6.92 Å². The maximum atomic E-state index is 12.5. The molecule has 1 saturated heterocycles. The topological polar surface area (TPSA) is 65.5 Å². The number of urea groups is 1. The lowest BCUT2D eigenvalue weighted by molar-refractivity contribution is 0.0428. The van der Waals surface area contributed by atoms with Crippen LogP contribution < -0.4 is 5.32 Å². The van der Waals surface area contributed by atoms with E-state index in [2.05, 4.69) is 10.3 Å². The summed E-state index contributed by atoms with van der Waals surface area (Å²) in [7, 11) is 0. The molecule has 2 amide bonds. The van der Waals surface area contributed by atoms with Gasteiger partial charge in [0.1, 0.15) is 5.01 Å². The van der Waals surface area contributed by atoms with Crippen LogP contribution in [0.2, 0.25) is 0 Å². The van der Waals surface area contributed by atoms with Crippen molar-refractivity contribution in [3.8, 4) is 0 Å². The molecule has 2 N–H and O–H groups in total. The van der Waals surface area contributed by atoms with Gasteiger partial charge in [-0.15, -0.1) is 11.3 Å². The number of amides is 2. The maximum absolute atomic E-state index is 12.5. The molecule has 21 heavy (non-hydrogen) atoms. The summed E-state index contributed by atoms with van der Waals surface area (Å²) in [5.74, 6) is 0.794. The molecule has 2 heterocycles. The number of nitrogens with one attached hydrogen (secondary N) is 1. The molecule has 2 fully saturated rings. The summed E-state index contributed by atoms with van der Waals surface area (Å²) in [5, 5.41) is 16.1. The summed E-state index contributed by atoms with van der Waals surface area (Å²) in [6, 6.07) is -0.0293. The molecule has 3 unspecified atom stereocenters. The number of carbonyl (C=O) groups is 1. The Hall–Kier alpha value is -1.14. The van der Waals surface area contributed by atoms with Crippen LogP contribution in [0.4, 0.5) is 4.79 Å². The lowest BCUT2D eigenvalue weighted by Gasteiger charge is -2.35. The van der Waals surface area contributed by atoms with E-state index in [0.717, 1.165) is 36.5 Å². The van der Waals surface area contributed by atoms with E-state index in [4.69, 9.17) is 0 Å². The third-order valence-electron chi connectivity index (χ3n) is 4.48. The molecule has 0 aromatic carbocycles. The number of aromatic nitrogens is 1. The van der Waals surface area contributed by atoms with E-state index in [-0.39, 0.29) is 18.0 Å². The van der Waals surface area contributed by atoms with Crippen LogP contribution in [0.1, 0.15) is 42.9 Å². The smallest absolute Gasteiger partial charge is 0.318 e. The zero-order valence-electron chi connectivity index (χ0n) is 12.6. The number of carbonyl (C=O) groups excluding carboxylic acids is 1. The largest absolute Gasteiger partial charge is 0.391 e. The van der Waals surface area contributed by atoms with E-state index < -0.39 is 6.10 Å². The average molecular weight is 309 g/mol. The van der Waals surface area contributed by atoms with Crippen molar-refractivity contribution in [2.75, 3.05) is 13.1 Å². The minimum atomic E-state index is -0.411. The highest BCUT2D eigenvalue weighted by Gasteiger charge is 2.37. The number of rotatable bonds is 3. The quantitative estimate of drug-likeness (QED) is 0.900. The van der Waals surface area contributed by atoms with Crippen LogP contribution >= 0.6 is 11.3 Å². The van der Waals surface area contributed by atoms with Gasteiger partial charge in [0.15, 0.2) is 0 Å². The minimum Gasteiger partial charge on any atom is -0.391 e. The molecule has 1 aliphatic heterocycles. The van der Waals surface area contributed by atoms with Gasteiger partial charge in [0.25, 0.3) is 0 Å². The molecule has 6 heteroatoms. The van der Waals surface area contributed by atoms with Crippen LogP contribution in [-0.2, 0) is 0 Å². The normalized spacial score (nSPS) is 27.5. The Bertz CT molecular complexity index is 515. The summed E-state index contributed by atoms with van der Waals surface area (Å²) in [6.45, 7) is 5.17. The van der Waals surface area contributed by atoms with Crippen LogP contribution in [0.15, 0.2) is 5.38 Å². The van der Waals surface area contributed by atoms with Crippen LogP contribution in [0.3, 0.4) is 0 Å². The van der Waals surface area contributed by atoms with Gasteiger partial charge in [-0.2, -0.15) is 0 Å². The zero-order valence-corrected chi connectivity index (χ0v) is 13.4.